The second kappa shape index (κ2) is 10.5. The number of rotatable bonds is 7. The maximum absolute atomic E-state index is 12.4. The summed E-state index contributed by atoms with van der Waals surface area (Å²) in [7, 11) is 1.50. The van der Waals surface area contributed by atoms with Crippen LogP contribution in [0.1, 0.15) is 18.1 Å². The van der Waals surface area contributed by atoms with Gasteiger partial charge in [0.25, 0.3) is 5.91 Å². The third kappa shape index (κ3) is 6.11. The van der Waals surface area contributed by atoms with Gasteiger partial charge in [0.1, 0.15) is 0 Å². The molecule has 0 bridgehead atoms. The zero-order valence-corrected chi connectivity index (χ0v) is 19.6. The number of carbonyl (C=O) groups is 2. The Labute approximate surface area is 193 Å². The highest BCUT2D eigenvalue weighted by Gasteiger charge is 2.24. The number of hydrogen-bond acceptors (Lipinski definition) is 7. The lowest BCUT2D eigenvalue weighted by atomic mass is 10.2. The van der Waals surface area contributed by atoms with Crippen LogP contribution in [-0.2, 0) is 14.3 Å². The summed E-state index contributed by atoms with van der Waals surface area (Å²) in [6.45, 7) is 3.78. The fraction of sp³-hybridized carbons (Fsp3) is 0.227. The summed E-state index contributed by atoms with van der Waals surface area (Å²) in [4.78, 5) is 28.9. The van der Waals surface area contributed by atoms with Crippen LogP contribution in [0.2, 0.25) is 0 Å². The van der Waals surface area contributed by atoms with E-state index in [0.29, 0.717) is 26.0 Å². The second-order valence-electron chi connectivity index (χ2n) is 6.44. The van der Waals surface area contributed by atoms with Crippen LogP contribution in [0.5, 0.6) is 11.5 Å². The molecule has 0 spiro atoms. The van der Waals surface area contributed by atoms with Crippen LogP contribution in [0.15, 0.2) is 50.8 Å². The Morgan fingerprint density at radius 2 is 1.97 bits per heavy atom. The minimum atomic E-state index is -0.466. The molecule has 2 aromatic carbocycles. The normalized spacial score (nSPS) is 15.8. The molecule has 1 aliphatic rings. The molecule has 2 aromatic rings. The van der Waals surface area contributed by atoms with E-state index in [1.807, 2.05) is 31.2 Å². The van der Waals surface area contributed by atoms with Gasteiger partial charge >= 0.3 is 5.97 Å². The third-order valence-corrected chi connectivity index (χ3v) is 5.73. The number of esters is 1. The first-order valence-electron chi connectivity index (χ1n) is 9.41. The highest BCUT2D eigenvalue weighted by atomic mass is 79.9. The van der Waals surface area contributed by atoms with Gasteiger partial charge in [-0.1, -0.05) is 33.6 Å². The predicted octanol–water partition coefficient (Wildman–Crippen LogP) is 4.60. The molecule has 1 aliphatic heterocycles. The van der Waals surface area contributed by atoms with E-state index in [2.05, 4.69) is 26.2 Å². The summed E-state index contributed by atoms with van der Waals surface area (Å²) < 4.78 is 16.4. The molecule has 1 amide bonds. The van der Waals surface area contributed by atoms with Gasteiger partial charge in [-0.05, 0) is 61.5 Å². The minimum absolute atomic E-state index is 0.228. The van der Waals surface area contributed by atoms with Crippen LogP contribution in [0, 0.1) is 6.92 Å². The summed E-state index contributed by atoms with van der Waals surface area (Å²) in [5, 5.41) is 3.29. The highest BCUT2D eigenvalue weighted by Crippen LogP contribution is 2.36. The molecular formula is C22H21BrN2O5S. The highest BCUT2D eigenvalue weighted by molar-refractivity contribution is 9.10. The van der Waals surface area contributed by atoms with E-state index in [0.717, 1.165) is 16.8 Å². The lowest BCUT2D eigenvalue weighted by Gasteiger charge is -2.12. The molecule has 0 aliphatic carbocycles. The summed E-state index contributed by atoms with van der Waals surface area (Å²) in [6.07, 6.45) is 1.74. The molecule has 1 heterocycles. The van der Waals surface area contributed by atoms with Crippen molar-refractivity contribution in [1.29, 1.82) is 0 Å². The Hall–Kier alpha value is -2.78. The first-order chi connectivity index (χ1) is 14.9. The van der Waals surface area contributed by atoms with E-state index in [4.69, 9.17) is 14.2 Å². The number of aliphatic imine (C=N–C) groups is 1. The lowest BCUT2D eigenvalue weighted by molar-refractivity contribution is -0.145. The number of hydrogen-bond donors (Lipinski definition) is 1. The van der Waals surface area contributed by atoms with Crippen LogP contribution in [0.3, 0.4) is 0 Å². The van der Waals surface area contributed by atoms with Crippen molar-refractivity contribution in [3.05, 3.63) is 56.9 Å². The summed E-state index contributed by atoms with van der Waals surface area (Å²) in [5.41, 5.74) is 2.62. The van der Waals surface area contributed by atoms with Crippen LogP contribution in [0.25, 0.3) is 6.08 Å². The van der Waals surface area contributed by atoms with Crippen LogP contribution < -0.4 is 14.8 Å². The molecule has 0 atom stereocenters. The van der Waals surface area contributed by atoms with Crippen LogP contribution >= 0.6 is 27.7 Å². The molecular weight excluding hydrogens is 484 g/mol. The topological polar surface area (TPSA) is 86.2 Å². The third-order valence-electron chi connectivity index (χ3n) is 4.14. The Bertz CT molecular complexity index is 1050. The number of carbonyl (C=O) groups excluding carboxylic acids is 2. The number of benzene rings is 2. The van der Waals surface area contributed by atoms with E-state index in [1.165, 1.54) is 18.9 Å². The number of amides is 1. The molecule has 7 nitrogen and oxygen atoms in total. The largest absolute Gasteiger partial charge is 0.493 e. The molecule has 3 rings (SSSR count). The van der Waals surface area contributed by atoms with Gasteiger partial charge in [0.15, 0.2) is 23.3 Å². The minimum Gasteiger partial charge on any atom is -0.493 e. The Morgan fingerprint density at radius 3 is 2.65 bits per heavy atom. The predicted molar refractivity (Wildman–Crippen MR) is 125 cm³/mol. The number of aryl methyl sites for hydroxylation is 1. The number of nitrogens with zero attached hydrogens (tertiary/aromatic N) is 1. The van der Waals surface area contributed by atoms with Crippen molar-refractivity contribution in [2.45, 2.75) is 13.8 Å². The van der Waals surface area contributed by atoms with Gasteiger partial charge in [-0.25, -0.2) is 9.79 Å². The maximum Gasteiger partial charge on any atom is 0.344 e. The van der Waals surface area contributed by atoms with Crippen molar-refractivity contribution >= 4 is 56.5 Å². The van der Waals surface area contributed by atoms with Gasteiger partial charge in [0.2, 0.25) is 0 Å². The van der Waals surface area contributed by atoms with E-state index in [1.54, 1.807) is 25.1 Å². The van der Waals surface area contributed by atoms with E-state index in [9.17, 15) is 9.59 Å². The second-order valence-corrected chi connectivity index (χ2v) is 8.32. The van der Waals surface area contributed by atoms with Gasteiger partial charge in [0.05, 0.1) is 24.3 Å². The van der Waals surface area contributed by atoms with Crippen LogP contribution in [-0.4, -0.2) is 37.4 Å². The van der Waals surface area contributed by atoms with Crippen LogP contribution in [0.4, 0.5) is 5.69 Å². The molecule has 0 radical (unpaired) electrons. The number of thioether (sulfide) groups is 1. The van der Waals surface area contributed by atoms with Crippen molar-refractivity contribution in [1.82, 2.24) is 5.32 Å². The zero-order valence-electron chi connectivity index (χ0n) is 17.2. The van der Waals surface area contributed by atoms with Gasteiger partial charge in [-0.15, -0.1) is 0 Å². The Kier molecular flexibility index (Phi) is 7.75. The molecule has 31 heavy (non-hydrogen) atoms. The van der Waals surface area contributed by atoms with Gasteiger partial charge in [0, 0.05) is 4.47 Å². The molecule has 1 N–H and O–H groups in total. The molecule has 0 saturated carbocycles. The summed E-state index contributed by atoms with van der Waals surface area (Å²) >= 11 is 4.74. The van der Waals surface area contributed by atoms with E-state index in [-0.39, 0.29) is 19.1 Å². The number of ether oxygens (including phenoxy) is 3. The van der Waals surface area contributed by atoms with Crippen molar-refractivity contribution in [2.75, 3.05) is 20.3 Å². The number of methoxy groups -OCH3 is 1. The first kappa shape index (κ1) is 22.9. The van der Waals surface area contributed by atoms with Crippen molar-refractivity contribution in [2.24, 2.45) is 4.99 Å². The number of nitrogens with one attached hydrogen (secondary N) is 1. The SMILES string of the molecule is CCOC(=O)COc1cc(Br)c(/C=C2/SC(=Nc3ccc(C)cc3)NC2=O)cc1OC. The average molecular weight is 505 g/mol. The molecule has 0 unspecified atom stereocenters. The summed E-state index contributed by atoms with van der Waals surface area (Å²) in [6, 6.07) is 11.1. The van der Waals surface area contributed by atoms with E-state index >= 15 is 0 Å². The molecule has 1 saturated heterocycles. The monoisotopic (exact) mass is 504 g/mol. The van der Waals surface area contributed by atoms with Gasteiger partial charge < -0.3 is 19.5 Å². The van der Waals surface area contributed by atoms with Gasteiger partial charge in [-0.3, -0.25) is 4.79 Å². The lowest BCUT2D eigenvalue weighted by Crippen LogP contribution is -2.19. The zero-order chi connectivity index (χ0) is 22.4. The first-order valence-corrected chi connectivity index (χ1v) is 11.0. The van der Waals surface area contributed by atoms with Crippen molar-refractivity contribution in [3.63, 3.8) is 0 Å². The molecule has 1 fully saturated rings. The Balaban J connectivity index is 1.79. The molecule has 0 aromatic heterocycles. The molecule has 9 heteroatoms. The molecule has 162 valence electrons. The smallest absolute Gasteiger partial charge is 0.344 e. The fourth-order valence-corrected chi connectivity index (χ4v) is 3.90. The van der Waals surface area contributed by atoms with Crippen molar-refractivity contribution < 1.29 is 23.8 Å². The van der Waals surface area contributed by atoms with Gasteiger partial charge in [-0.2, -0.15) is 0 Å². The van der Waals surface area contributed by atoms with Crippen molar-refractivity contribution in [3.8, 4) is 11.5 Å². The van der Waals surface area contributed by atoms with E-state index < -0.39 is 5.97 Å². The number of amidine groups is 1. The number of halogens is 1. The fourth-order valence-electron chi connectivity index (χ4n) is 2.63. The average Bonchev–Trinajstić information content (AvgIpc) is 3.08. The Morgan fingerprint density at radius 1 is 1.23 bits per heavy atom. The standard InChI is InChI=1S/C22H21BrN2O5S/c1-4-29-20(26)12-30-18-11-16(23)14(9-17(18)28-3)10-19-21(27)25-22(31-19)24-15-7-5-13(2)6-8-15/h5-11H,4,12H2,1-3H3,(H,24,25,27)/b19-10+. The maximum atomic E-state index is 12.4. The summed E-state index contributed by atoms with van der Waals surface area (Å²) in [5.74, 6) is 0.113. The quantitative estimate of drug-likeness (QED) is 0.438.